The van der Waals surface area contributed by atoms with Gasteiger partial charge in [-0.25, -0.2) is 4.79 Å². The molecule has 11 heteroatoms. The second kappa shape index (κ2) is 10.5. The summed E-state index contributed by atoms with van der Waals surface area (Å²) >= 11 is 1.16. The molecule has 0 fully saturated rings. The molecule has 4 rings (SSSR count). The van der Waals surface area contributed by atoms with Crippen LogP contribution >= 0.6 is 11.8 Å². The van der Waals surface area contributed by atoms with Crippen LogP contribution in [0.15, 0.2) is 69.6 Å². The Labute approximate surface area is 205 Å². The number of hydrogen-bond acceptors (Lipinski definition) is 8. The number of hydrogen-bond donors (Lipinski definition) is 1. The van der Waals surface area contributed by atoms with Crippen molar-refractivity contribution >= 4 is 23.4 Å². The van der Waals surface area contributed by atoms with Crippen molar-refractivity contribution in [3.05, 3.63) is 86.8 Å². The molecule has 0 aliphatic carbocycles. The second-order valence-electron chi connectivity index (χ2n) is 7.88. The third-order valence-electron chi connectivity index (χ3n) is 5.48. The van der Waals surface area contributed by atoms with Gasteiger partial charge in [0.2, 0.25) is 0 Å². The number of aromatic nitrogens is 6. The van der Waals surface area contributed by atoms with Gasteiger partial charge in [0, 0.05) is 31.5 Å². The molecule has 0 aliphatic rings. The SMILES string of the molecule is CCCn1c(N)c(C(=O)CSc2nnc(-c3ccncc3)n2Cc2ccccc2)c(=O)n(C)c1=O. The summed E-state index contributed by atoms with van der Waals surface area (Å²) in [7, 11) is 1.34. The molecule has 0 unspecified atom stereocenters. The maximum absolute atomic E-state index is 13.1. The van der Waals surface area contributed by atoms with E-state index in [2.05, 4.69) is 15.2 Å². The third kappa shape index (κ3) is 4.94. The predicted octanol–water partition coefficient (Wildman–Crippen LogP) is 2.22. The van der Waals surface area contributed by atoms with Crippen LogP contribution in [0.3, 0.4) is 0 Å². The van der Waals surface area contributed by atoms with Gasteiger partial charge < -0.3 is 5.73 Å². The van der Waals surface area contributed by atoms with E-state index in [4.69, 9.17) is 5.73 Å². The minimum atomic E-state index is -0.700. The van der Waals surface area contributed by atoms with Crippen LogP contribution in [0.4, 0.5) is 5.82 Å². The number of pyridine rings is 1. The Morgan fingerprint density at radius 1 is 1.03 bits per heavy atom. The minimum Gasteiger partial charge on any atom is -0.384 e. The lowest BCUT2D eigenvalue weighted by Crippen LogP contribution is -2.42. The summed E-state index contributed by atoms with van der Waals surface area (Å²) < 4.78 is 4.10. The Bertz CT molecular complexity index is 1460. The Morgan fingerprint density at radius 3 is 2.43 bits per heavy atom. The molecule has 35 heavy (non-hydrogen) atoms. The van der Waals surface area contributed by atoms with E-state index in [9.17, 15) is 14.4 Å². The highest BCUT2D eigenvalue weighted by Crippen LogP contribution is 2.25. The molecule has 0 saturated heterocycles. The smallest absolute Gasteiger partial charge is 0.332 e. The van der Waals surface area contributed by atoms with Crippen molar-refractivity contribution in [3.8, 4) is 11.4 Å². The van der Waals surface area contributed by atoms with E-state index < -0.39 is 17.0 Å². The number of nitrogens with two attached hydrogens (primary N) is 1. The van der Waals surface area contributed by atoms with Gasteiger partial charge in [-0.2, -0.15) is 0 Å². The number of carbonyl (C=O) groups is 1. The first kappa shape index (κ1) is 24.1. The van der Waals surface area contributed by atoms with Gasteiger partial charge in [-0.15, -0.1) is 10.2 Å². The molecule has 0 amide bonds. The van der Waals surface area contributed by atoms with Crippen molar-refractivity contribution in [2.75, 3.05) is 11.5 Å². The van der Waals surface area contributed by atoms with Gasteiger partial charge in [-0.1, -0.05) is 49.0 Å². The van der Waals surface area contributed by atoms with Gasteiger partial charge in [-0.05, 0) is 24.1 Å². The number of benzene rings is 1. The molecule has 0 bridgehead atoms. The zero-order chi connectivity index (χ0) is 24.9. The summed E-state index contributed by atoms with van der Waals surface area (Å²) in [6, 6.07) is 13.5. The zero-order valence-electron chi connectivity index (χ0n) is 19.4. The van der Waals surface area contributed by atoms with Crippen LogP contribution < -0.4 is 17.0 Å². The molecule has 3 heterocycles. The van der Waals surface area contributed by atoms with Crippen LogP contribution in [-0.4, -0.2) is 40.4 Å². The van der Waals surface area contributed by atoms with E-state index in [1.54, 1.807) is 12.4 Å². The van der Waals surface area contributed by atoms with E-state index in [-0.39, 0.29) is 17.1 Å². The van der Waals surface area contributed by atoms with Crippen LogP contribution in [0.2, 0.25) is 0 Å². The van der Waals surface area contributed by atoms with Gasteiger partial charge >= 0.3 is 5.69 Å². The van der Waals surface area contributed by atoms with Crippen molar-refractivity contribution in [1.82, 2.24) is 28.9 Å². The molecule has 0 saturated carbocycles. The van der Waals surface area contributed by atoms with E-state index in [1.165, 1.54) is 11.6 Å². The van der Waals surface area contributed by atoms with Crippen LogP contribution in [0.1, 0.15) is 29.3 Å². The maximum Gasteiger partial charge on any atom is 0.332 e. The topological polar surface area (TPSA) is 131 Å². The fourth-order valence-electron chi connectivity index (χ4n) is 3.71. The van der Waals surface area contributed by atoms with Crippen molar-refractivity contribution in [3.63, 3.8) is 0 Å². The van der Waals surface area contributed by atoms with Crippen molar-refractivity contribution in [2.45, 2.75) is 31.6 Å². The zero-order valence-corrected chi connectivity index (χ0v) is 20.2. The molecule has 3 aromatic heterocycles. The van der Waals surface area contributed by atoms with Crippen LogP contribution in [0.25, 0.3) is 11.4 Å². The Morgan fingerprint density at radius 2 is 1.74 bits per heavy atom. The maximum atomic E-state index is 13.1. The molecule has 10 nitrogen and oxygen atoms in total. The summed E-state index contributed by atoms with van der Waals surface area (Å²) in [6.45, 7) is 2.69. The summed E-state index contributed by atoms with van der Waals surface area (Å²) in [5.41, 5.74) is 6.56. The van der Waals surface area contributed by atoms with E-state index >= 15 is 0 Å². The number of Topliss-reactive ketones (excluding diaryl/α,β-unsaturated/α-hetero) is 1. The highest BCUT2D eigenvalue weighted by atomic mass is 32.2. The molecular weight excluding hydrogens is 466 g/mol. The standard InChI is InChI=1S/C24H25N7O3S/c1-3-13-30-20(25)19(22(33)29(2)24(30)34)18(32)15-35-23-28-27-21(17-9-11-26-12-10-17)31(23)14-16-7-5-4-6-8-16/h4-12H,3,13-15,25H2,1-2H3. The number of nitrogens with zero attached hydrogens (tertiary/aromatic N) is 6. The van der Waals surface area contributed by atoms with Gasteiger partial charge in [0.15, 0.2) is 16.8 Å². The number of ketones is 1. The minimum absolute atomic E-state index is 0.0902. The fraction of sp³-hybridized carbons (Fsp3) is 0.250. The lowest BCUT2D eigenvalue weighted by Gasteiger charge is -2.14. The van der Waals surface area contributed by atoms with Gasteiger partial charge in [-0.3, -0.25) is 28.3 Å². The summed E-state index contributed by atoms with van der Waals surface area (Å²) in [5, 5.41) is 9.18. The normalized spacial score (nSPS) is 11.0. The lowest BCUT2D eigenvalue weighted by molar-refractivity contribution is 0.102. The number of carbonyl (C=O) groups excluding carboxylic acids is 1. The highest BCUT2D eigenvalue weighted by molar-refractivity contribution is 7.99. The molecule has 0 atom stereocenters. The van der Waals surface area contributed by atoms with Crippen molar-refractivity contribution in [1.29, 1.82) is 0 Å². The van der Waals surface area contributed by atoms with E-state index in [0.717, 1.165) is 27.5 Å². The Hall–Kier alpha value is -3.99. The number of thioether (sulfide) groups is 1. The Balaban J connectivity index is 1.67. The van der Waals surface area contributed by atoms with E-state index in [1.807, 2.05) is 54.0 Å². The Kier molecular flexibility index (Phi) is 7.25. The van der Waals surface area contributed by atoms with Crippen molar-refractivity contribution in [2.24, 2.45) is 7.05 Å². The van der Waals surface area contributed by atoms with Gasteiger partial charge in [0.25, 0.3) is 5.56 Å². The second-order valence-corrected chi connectivity index (χ2v) is 8.83. The summed E-state index contributed by atoms with van der Waals surface area (Å²) in [4.78, 5) is 42.3. The van der Waals surface area contributed by atoms with Crippen LogP contribution in [0.5, 0.6) is 0 Å². The molecule has 4 aromatic rings. The molecule has 180 valence electrons. The molecular formula is C24H25N7O3S. The highest BCUT2D eigenvalue weighted by Gasteiger charge is 2.23. The van der Waals surface area contributed by atoms with Gasteiger partial charge in [0.05, 0.1) is 12.3 Å². The first-order chi connectivity index (χ1) is 16.9. The molecule has 0 radical (unpaired) electrons. The molecule has 2 N–H and O–H groups in total. The first-order valence-electron chi connectivity index (χ1n) is 11.0. The first-order valence-corrected chi connectivity index (χ1v) is 12.0. The molecule has 0 spiro atoms. The quantitative estimate of drug-likeness (QED) is 0.279. The summed E-state index contributed by atoms with van der Waals surface area (Å²) in [5.74, 6) is -0.0304. The predicted molar refractivity (Wildman–Crippen MR) is 134 cm³/mol. The number of rotatable bonds is 9. The largest absolute Gasteiger partial charge is 0.384 e. The average Bonchev–Trinajstić information content (AvgIpc) is 3.27. The average molecular weight is 492 g/mol. The summed E-state index contributed by atoms with van der Waals surface area (Å²) in [6.07, 6.45) is 3.99. The lowest BCUT2D eigenvalue weighted by atomic mass is 10.2. The van der Waals surface area contributed by atoms with Crippen molar-refractivity contribution < 1.29 is 4.79 Å². The molecule has 0 aliphatic heterocycles. The third-order valence-corrected chi connectivity index (χ3v) is 6.45. The number of anilines is 1. The van der Waals surface area contributed by atoms with Gasteiger partial charge in [0.1, 0.15) is 11.4 Å². The molecule has 1 aromatic carbocycles. The monoisotopic (exact) mass is 491 g/mol. The number of nitrogen functional groups attached to an aromatic ring is 1. The van der Waals surface area contributed by atoms with Crippen LogP contribution in [0, 0.1) is 0 Å². The van der Waals surface area contributed by atoms with Crippen LogP contribution in [-0.2, 0) is 20.1 Å². The fourth-order valence-corrected chi connectivity index (χ4v) is 4.52. The van der Waals surface area contributed by atoms with E-state index in [0.29, 0.717) is 30.5 Å².